The first-order valence-electron chi connectivity index (χ1n) is 8.73. The van der Waals surface area contributed by atoms with Crippen LogP contribution in [0, 0.1) is 11.3 Å². The number of allylic oxidation sites excluding steroid dienone is 2. The van der Waals surface area contributed by atoms with Crippen LogP contribution in [0.4, 0.5) is 5.95 Å². The summed E-state index contributed by atoms with van der Waals surface area (Å²) in [6, 6.07) is 4.05. The van der Waals surface area contributed by atoms with Crippen LogP contribution in [0.1, 0.15) is 31.9 Å². The summed E-state index contributed by atoms with van der Waals surface area (Å²) in [4.78, 5) is 8.74. The van der Waals surface area contributed by atoms with Crippen molar-refractivity contribution in [2.24, 2.45) is 0 Å². The van der Waals surface area contributed by atoms with E-state index in [2.05, 4.69) is 33.6 Å². The van der Waals surface area contributed by atoms with Crippen molar-refractivity contribution < 1.29 is 8.42 Å². The molecule has 0 aromatic carbocycles. The minimum atomic E-state index is -3.14. The largest absolute Gasteiger partial charge is 0.352 e. The Kier molecular flexibility index (Phi) is 6.04. The molecule has 2 aliphatic rings. The molecule has 2 N–H and O–H groups in total. The summed E-state index contributed by atoms with van der Waals surface area (Å²) < 4.78 is 24.7. The van der Waals surface area contributed by atoms with E-state index in [1.54, 1.807) is 12.3 Å². The zero-order valence-electron chi connectivity index (χ0n) is 15.3. The lowest BCUT2D eigenvalue weighted by atomic mass is 10.1. The van der Waals surface area contributed by atoms with Crippen molar-refractivity contribution in [1.82, 2.24) is 19.6 Å². The summed E-state index contributed by atoms with van der Waals surface area (Å²) >= 11 is 1.49. The third-order valence-electron chi connectivity index (χ3n) is 4.48. The second-order valence-corrected chi connectivity index (χ2v) is 9.26. The monoisotopic (exact) mass is 406 g/mol. The molecule has 1 fully saturated rings. The van der Waals surface area contributed by atoms with E-state index in [1.165, 1.54) is 22.3 Å². The number of piperidine rings is 1. The molecule has 3 heterocycles. The number of nitriles is 1. The zero-order chi connectivity index (χ0) is 19.4. The Morgan fingerprint density at radius 2 is 2.22 bits per heavy atom. The first kappa shape index (κ1) is 19.7. The molecule has 0 bridgehead atoms. The van der Waals surface area contributed by atoms with Crippen molar-refractivity contribution in [3.05, 3.63) is 34.1 Å². The lowest BCUT2D eigenvalue weighted by Crippen LogP contribution is -2.42. The van der Waals surface area contributed by atoms with Gasteiger partial charge in [-0.2, -0.15) is 5.26 Å². The fourth-order valence-corrected chi connectivity index (χ4v) is 4.75. The molecule has 0 aliphatic carbocycles. The molecule has 0 radical (unpaired) electrons. The first-order chi connectivity index (χ1) is 12.9. The third-order valence-corrected chi connectivity index (χ3v) is 6.73. The number of aromatic nitrogens is 2. The van der Waals surface area contributed by atoms with Crippen LogP contribution in [0.5, 0.6) is 0 Å². The topological polar surface area (TPSA) is 111 Å². The molecular weight excluding hydrogens is 384 g/mol. The summed E-state index contributed by atoms with van der Waals surface area (Å²) in [5.41, 5.74) is 2.12. The second kappa shape index (κ2) is 8.29. The van der Waals surface area contributed by atoms with E-state index in [0.717, 1.165) is 17.1 Å². The van der Waals surface area contributed by atoms with Crippen LogP contribution >= 0.6 is 11.8 Å². The Balaban J connectivity index is 1.70. The molecule has 1 aromatic heterocycles. The van der Waals surface area contributed by atoms with Crippen LogP contribution in [0.3, 0.4) is 0 Å². The summed E-state index contributed by atoms with van der Waals surface area (Å²) in [5, 5.41) is 18.9. The minimum absolute atomic E-state index is 0.101. The average Bonchev–Trinajstić information content (AvgIpc) is 3.11. The Morgan fingerprint density at radius 3 is 2.81 bits per heavy atom. The Morgan fingerprint density at radius 1 is 1.48 bits per heavy atom. The van der Waals surface area contributed by atoms with E-state index in [4.69, 9.17) is 0 Å². The highest BCUT2D eigenvalue weighted by molar-refractivity contribution is 8.06. The third kappa shape index (κ3) is 4.80. The number of sulfonamides is 1. The first-order valence-corrected chi connectivity index (χ1v) is 11.5. The molecule has 27 heavy (non-hydrogen) atoms. The predicted molar refractivity (Wildman–Crippen MR) is 107 cm³/mol. The van der Waals surface area contributed by atoms with Gasteiger partial charge < -0.3 is 10.6 Å². The van der Waals surface area contributed by atoms with Crippen molar-refractivity contribution in [2.45, 2.75) is 32.2 Å². The number of anilines is 1. The predicted octanol–water partition coefficient (Wildman–Crippen LogP) is 2.09. The zero-order valence-corrected chi connectivity index (χ0v) is 16.9. The molecule has 0 saturated carbocycles. The van der Waals surface area contributed by atoms with Crippen LogP contribution in [-0.2, 0) is 10.0 Å². The van der Waals surface area contributed by atoms with Gasteiger partial charge in [0.05, 0.1) is 17.0 Å². The molecule has 0 amide bonds. The van der Waals surface area contributed by atoms with Gasteiger partial charge in [-0.15, -0.1) is 0 Å². The van der Waals surface area contributed by atoms with Gasteiger partial charge in [-0.1, -0.05) is 18.7 Å². The highest BCUT2D eigenvalue weighted by Gasteiger charge is 2.25. The van der Waals surface area contributed by atoms with Crippen molar-refractivity contribution in [3.8, 4) is 6.07 Å². The number of nitrogens with one attached hydrogen (secondary N) is 2. The summed E-state index contributed by atoms with van der Waals surface area (Å²) in [6.45, 7) is 3.02. The normalized spacial score (nSPS) is 20.6. The van der Waals surface area contributed by atoms with Gasteiger partial charge in [0.1, 0.15) is 11.6 Å². The Hall–Kier alpha value is -2.09. The van der Waals surface area contributed by atoms with Gasteiger partial charge in [0.2, 0.25) is 16.0 Å². The molecule has 3 rings (SSSR count). The molecule has 0 unspecified atom stereocenters. The highest BCUT2D eigenvalue weighted by atomic mass is 32.2. The molecule has 8 nitrogen and oxygen atoms in total. The van der Waals surface area contributed by atoms with E-state index < -0.39 is 10.0 Å². The van der Waals surface area contributed by atoms with Crippen molar-refractivity contribution in [3.63, 3.8) is 0 Å². The summed E-state index contributed by atoms with van der Waals surface area (Å²) in [6.07, 6.45) is 5.11. The van der Waals surface area contributed by atoms with Gasteiger partial charge in [0, 0.05) is 31.0 Å². The number of hydrogen-bond acceptors (Lipinski definition) is 8. The van der Waals surface area contributed by atoms with Crippen molar-refractivity contribution in [2.75, 3.05) is 24.7 Å². The maximum absolute atomic E-state index is 11.6. The summed E-state index contributed by atoms with van der Waals surface area (Å²) in [7, 11) is -3.14. The lowest BCUT2D eigenvalue weighted by Gasteiger charge is -2.30. The SMILES string of the molecule is CCC1=CS/C(=C(\C#N)c2ccnc(NC3CCN(S(C)(=O)=O)CC3)n2)N1. The average molecular weight is 407 g/mol. The van der Waals surface area contributed by atoms with Gasteiger partial charge >= 0.3 is 0 Å². The fraction of sp³-hybridized carbons (Fsp3) is 0.471. The molecule has 144 valence electrons. The molecule has 1 aromatic rings. The van der Waals surface area contributed by atoms with Gasteiger partial charge in [-0.3, -0.25) is 0 Å². The Labute approximate surface area is 163 Å². The maximum atomic E-state index is 11.6. The second-order valence-electron chi connectivity index (χ2n) is 6.40. The standard InChI is InChI=1S/C17H22N6O2S2/c1-3-12-11-26-16(20-12)14(10-18)15-4-7-19-17(22-15)21-13-5-8-23(9-6-13)27(2,24)25/h4,7,11,13,20H,3,5-6,8-9H2,1-2H3,(H,19,21,22)/b16-14+. The van der Waals surface area contributed by atoms with E-state index in [-0.39, 0.29) is 6.04 Å². The Bertz CT molecular complexity index is 912. The van der Waals surface area contributed by atoms with Crippen LogP contribution < -0.4 is 10.6 Å². The van der Waals surface area contributed by atoms with Crippen molar-refractivity contribution in [1.29, 1.82) is 5.26 Å². The van der Waals surface area contributed by atoms with E-state index in [9.17, 15) is 13.7 Å². The fourth-order valence-electron chi connectivity index (χ4n) is 2.93. The van der Waals surface area contributed by atoms with E-state index in [0.29, 0.717) is 43.1 Å². The molecule has 10 heteroatoms. The van der Waals surface area contributed by atoms with Gasteiger partial charge in [-0.05, 0) is 30.7 Å². The molecule has 2 aliphatic heterocycles. The molecule has 1 saturated heterocycles. The van der Waals surface area contributed by atoms with E-state index in [1.807, 2.05) is 5.41 Å². The van der Waals surface area contributed by atoms with Gasteiger partial charge in [-0.25, -0.2) is 22.7 Å². The molecular formula is C17H22N6O2S2. The van der Waals surface area contributed by atoms with Gasteiger partial charge in [0.15, 0.2) is 0 Å². The van der Waals surface area contributed by atoms with Crippen molar-refractivity contribution >= 4 is 33.3 Å². The van der Waals surface area contributed by atoms with Crippen LogP contribution in [0.15, 0.2) is 28.4 Å². The summed E-state index contributed by atoms with van der Waals surface area (Å²) in [5.74, 6) is 0.449. The smallest absolute Gasteiger partial charge is 0.223 e. The minimum Gasteiger partial charge on any atom is -0.352 e. The van der Waals surface area contributed by atoms with Crippen LogP contribution in [0.2, 0.25) is 0 Å². The lowest BCUT2D eigenvalue weighted by molar-refractivity contribution is 0.331. The quantitative estimate of drug-likeness (QED) is 0.715. The van der Waals surface area contributed by atoms with Crippen LogP contribution in [-0.4, -0.2) is 48.1 Å². The maximum Gasteiger partial charge on any atom is 0.223 e. The van der Waals surface area contributed by atoms with Crippen LogP contribution in [0.25, 0.3) is 5.57 Å². The molecule has 0 atom stereocenters. The highest BCUT2D eigenvalue weighted by Crippen LogP contribution is 2.32. The number of hydrogen-bond donors (Lipinski definition) is 2. The van der Waals surface area contributed by atoms with E-state index >= 15 is 0 Å². The number of thioether (sulfide) groups is 1. The van der Waals surface area contributed by atoms with Gasteiger partial charge in [0.25, 0.3) is 0 Å². The number of nitrogens with zero attached hydrogens (tertiary/aromatic N) is 4. The number of rotatable bonds is 5. The molecule has 0 spiro atoms.